The Morgan fingerprint density at radius 2 is 1.70 bits per heavy atom. The number of ether oxygens (including phenoxy) is 1. The Balaban J connectivity index is 2.75. The molecule has 0 amide bonds. The smallest absolute Gasteiger partial charge is 0.147 e. The van der Waals surface area contributed by atoms with Gasteiger partial charge in [0, 0.05) is 11.5 Å². The molecule has 0 saturated carbocycles. The van der Waals surface area contributed by atoms with Crippen molar-refractivity contribution in [2.75, 3.05) is 0 Å². The minimum absolute atomic E-state index is 0.0584. The first-order valence-corrected chi connectivity index (χ1v) is 7.15. The van der Waals surface area contributed by atoms with Crippen molar-refractivity contribution in [3.05, 3.63) is 22.3 Å². The zero-order valence-corrected chi connectivity index (χ0v) is 13.4. The van der Waals surface area contributed by atoms with Gasteiger partial charge in [0.2, 0.25) is 0 Å². The molecule has 3 nitrogen and oxygen atoms in total. The molecule has 1 heterocycles. The Morgan fingerprint density at radius 1 is 1.15 bits per heavy atom. The van der Waals surface area contributed by atoms with Crippen molar-refractivity contribution in [3.8, 4) is 11.5 Å². The number of carbonyl (C=O) groups excluding carboxylic acids is 1. The number of carbonyl (C=O) groups is 1. The molecule has 1 N–H and O–H groups in total. The molecule has 0 fully saturated rings. The van der Waals surface area contributed by atoms with Crippen molar-refractivity contribution in [1.29, 1.82) is 0 Å². The predicted molar refractivity (Wildman–Crippen MR) is 79.6 cm³/mol. The molecule has 1 aromatic rings. The average molecular weight is 276 g/mol. The van der Waals surface area contributed by atoms with E-state index in [2.05, 4.69) is 0 Å². The van der Waals surface area contributed by atoms with E-state index in [0.29, 0.717) is 0 Å². The summed E-state index contributed by atoms with van der Waals surface area (Å²) < 4.78 is 6.09. The fourth-order valence-electron chi connectivity index (χ4n) is 3.10. The Kier molecular flexibility index (Phi) is 3.35. The zero-order valence-electron chi connectivity index (χ0n) is 13.4. The van der Waals surface area contributed by atoms with Crippen molar-refractivity contribution in [2.24, 2.45) is 5.92 Å². The van der Waals surface area contributed by atoms with Gasteiger partial charge < -0.3 is 9.84 Å². The standard InChI is InChI=1S/C17H24O3/c1-8(2)14(18)13-12-11(5)15(19)9(3)10(4)16(12)20-17(13,6)7/h8,13,19H,1-7H3. The number of hydrogen-bond donors (Lipinski definition) is 1. The summed E-state index contributed by atoms with van der Waals surface area (Å²) in [6, 6.07) is 0. The third-order valence-electron chi connectivity index (χ3n) is 4.46. The lowest BCUT2D eigenvalue weighted by molar-refractivity contribution is -0.126. The maximum atomic E-state index is 12.6. The lowest BCUT2D eigenvalue weighted by atomic mass is 9.77. The second kappa shape index (κ2) is 4.51. The number of ketones is 1. The van der Waals surface area contributed by atoms with Gasteiger partial charge in [-0.3, -0.25) is 4.79 Å². The van der Waals surface area contributed by atoms with Gasteiger partial charge in [0.15, 0.2) is 0 Å². The molecular formula is C17H24O3. The molecular weight excluding hydrogens is 252 g/mol. The van der Waals surface area contributed by atoms with Crippen molar-refractivity contribution in [1.82, 2.24) is 0 Å². The van der Waals surface area contributed by atoms with E-state index in [9.17, 15) is 9.90 Å². The molecule has 1 aliphatic rings. The Labute approximate surface area is 121 Å². The van der Waals surface area contributed by atoms with Gasteiger partial charge in [-0.2, -0.15) is 0 Å². The first kappa shape index (κ1) is 14.9. The number of rotatable bonds is 2. The second-order valence-electron chi connectivity index (χ2n) is 6.66. The maximum Gasteiger partial charge on any atom is 0.147 e. The van der Waals surface area contributed by atoms with Crippen LogP contribution in [0.25, 0.3) is 0 Å². The number of benzene rings is 1. The lowest BCUT2D eigenvalue weighted by Crippen LogP contribution is -2.37. The van der Waals surface area contributed by atoms with Crippen molar-refractivity contribution < 1.29 is 14.6 Å². The van der Waals surface area contributed by atoms with E-state index < -0.39 is 5.60 Å². The van der Waals surface area contributed by atoms with E-state index in [1.807, 2.05) is 48.5 Å². The number of phenolic OH excluding ortho intramolecular Hbond substituents is 1. The molecule has 0 saturated heterocycles. The largest absolute Gasteiger partial charge is 0.507 e. The molecule has 20 heavy (non-hydrogen) atoms. The predicted octanol–water partition coefficient (Wildman–Crippen LogP) is 3.80. The van der Waals surface area contributed by atoms with Gasteiger partial charge in [0.05, 0.1) is 5.92 Å². The van der Waals surface area contributed by atoms with Crippen LogP contribution in [-0.4, -0.2) is 16.5 Å². The van der Waals surface area contributed by atoms with Crippen LogP contribution >= 0.6 is 0 Å². The van der Waals surface area contributed by atoms with Gasteiger partial charge in [0.1, 0.15) is 22.9 Å². The highest BCUT2D eigenvalue weighted by molar-refractivity contribution is 5.91. The summed E-state index contributed by atoms with van der Waals surface area (Å²) in [4.78, 5) is 12.6. The molecule has 0 aliphatic carbocycles. The van der Waals surface area contributed by atoms with Crippen LogP contribution in [0.2, 0.25) is 0 Å². The molecule has 1 aromatic carbocycles. The minimum atomic E-state index is -0.570. The van der Waals surface area contributed by atoms with Crippen LogP contribution in [0.15, 0.2) is 0 Å². The van der Waals surface area contributed by atoms with E-state index in [0.717, 1.165) is 28.0 Å². The van der Waals surface area contributed by atoms with Gasteiger partial charge in [-0.15, -0.1) is 0 Å². The Bertz CT molecular complexity index is 583. The monoisotopic (exact) mass is 276 g/mol. The van der Waals surface area contributed by atoms with Crippen LogP contribution in [0.4, 0.5) is 0 Å². The van der Waals surface area contributed by atoms with E-state index in [1.165, 1.54) is 0 Å². The Hall–Kier alpha value is -1.51. The number of Topliss-reactive ketones (excluding diaryl/α,β-unsaturated/α-hetero) is 1. The van der Waals surface area contributed by atoms with E-state index >= 15 is 0 Å². The molecule has 3 heteroatoms. The molecule has 0 radical (unpaired) electrons. The van der Waals surface area contributed by atoms with Gasteiger partial charge in [0.25, 0.3) is 0 Å². The van der Waals surface area contributed by atoms with Crippen molar-refractivity contribution in [2.45, 2.75) is 60.0 Å². The maximum absolute atomic E-state index is 12.6. The molecule has 0 bridgehead atoms. The zero-order chi connectivity index (χ0) is 15.4. The highest BCUT2D eigenvalue weighted by atomic mass is 16.5. The second-order valence-corrected chi connectivity index (χ2v) is 6.66. The third-order valence-corrected chi connectivity index (χ3v) is 4.46. The first-order valence-electron chi connectivity index (χ1n) is 7.15. The van der Waals surface area contributed by atoms with Crippen molar-refractivity contribution >= 4 is 5.78 Å². The van der Waals surface area contributed by atoms with Crippen LogP contribution in [0.5, 0.6) is 11.5 Å². The van der Waals surface area contributed by atoms with Crippen LogP contribution in [0.3, 0.4) is 0 Å². The SMILES string of the molecule is Cc1c(C)c2c(c(C)c1O)C(C(=O)C(C)C)C(C)(C)O2. The Morgan fingerprint density at radius 3 is 2.20 bits per heavy atom. The van der Waals surface area contributed by atoms with Gasteiger partial charge in [-0.25, -0.2) is 0 Å². The normalized spacial score (nSPS) is 19.9. The summed E-state index contributed by atoms with van der Waals surface area (Å²) in [7, 11) is 0. The van der Waals surface area contributed by atoms with Crippen LogP contribution in [0.1, 0.15) is 55.9 Å². The number of fused-ring (bicyclic) bond motifs is 1. The summed E-state index contributed by atoms with van der Waals surface area (Å²) in [5, 5.41) is 10.3. The summed E-state index contributed by atoms with van der Waals surface area (Å²) in [6.07, 6.45) is 0. The van der Waals surface area contributed by atoms with Gasteiger partial charge >= 0.3 is 0 Å². The molecule has 2 rings (SSSR count). The number of aromatic hydroxyl groups is 1. The highest BCUT2D eigenvalue weighted by Crippen LogP contribution is 2.52. The molecule has 1 atom stereocenters. The fraction of sp³-hybridized carbons (Fsp3) is 0.588. The van der Waals surface area contributed by atoms with Crippen LogP contribution in [-0.2, 0) is 4.79 Å². The summed E-state index contributed by atoms with van der Waals surface area (Å²) in [5.41, 5.74) is 2.83. The lowest BCUT2D eigenvalue weighted by Gasteiger charge is -2.27. The molecule has 1 aliphatic heterocycles. The molecule has 0 spiro atoms. The summed E-state index contributed by atoms with van der Waals surface area (Å²) in [6.45, 7) is 13.4. The quantitative estimate of drug-likeness (QED) is 0.893. The number of hydrogen-bond acceptors (Lipinski definition) is 3. The highest BCUT2D eigenvalue weighted by Gasteiger charge is 2.48. The first-order chi connectivity index (χ1) is 9.09. The van der Waals surface area contributed by atoms with E-state index in [-0.39, 0.29) is 23.4 Å². The number of phenols is 1. The van der Waals surface area contributed by atoms with Crippen LogP contribution in [0, 0.1) is 26.7 Å². The van der Waals surface area contributed by atoms with E-state index in [1.54, 1.807) is 0 Å². The molecule has 110 valence electrons. The molecule has 0 aromatic heterocycles. The summed E-state index contributed by atoms with van der Waals surface area (Å²) >= 11 is 0. The van der Waals surface area contributed by atoms with Crippen molar-refractivity contribution in [3.63, 3.8) is 0 Å². The van der Waals surface area contributed by atoms with Crippen LogP contribution < -0.4 is 4.74 Å². The minimum Gasteiger partial charge on any atom is -0.507 e. The molecule has 1 unspecified atom stereocenters. The fourth-order valence-corrected chi connectivity index (χ4v) is 3.10. The third kappa shape index (κ3) is 1.91. The average Bonchev–Trinajstić information content (AvgIpc) is 2.64. The summed E-state index contributed by atoms with van der Waals surface area (Å²) in [5.74, 6) is 0.852. The van der Waals surface area contributed by atoms with E-state index in [4.69, 9.17) is 4.74 Å². The van der Waals surface area contributed by atoms with Gasteiger partial charge in [-0.05, 0) is 51.3 Å². The topological polar surface area (TPSA) is 46.5 Å². The van der Waals surface area contributed by atoms with Gasteiger partial charge in [-0.1, -0.05) is 13.8 Å².